The van der Waals surface area contributed by atoms with E-state index in [1.807, 2.05) is 24.4 Å². The Hall–Kier alpha value is -2.49. The second kappa shape index (κ2) is 5.95. The highest BCUT2D eigenvalue weighted by Crippen LogP contribution is 2.29. The van der Waals surface area contributed by atoms with Gasteiger partial charge < -0.3 is 9.84 Å². The van der Waals surface area contributed by atoms with Crippen LogP contribution >= 0.6 is 11.3 Å². The van der Waals surface area contributed by atoms with Crippen LogP contribution in [0, 0.1) is 0 Å². The van der Waals surface area contributed by atoms with Gasteiger partial charge in [0.05, 0.1) is 11.6 Å². The van der Waals surface area contributed by atoms with E-state index in [1.165, 1.54) is 12.4 Å². The number of nitrogens with zero attached hydrogens (tertiary/aromatic N) is 4. The Morgan fingerprint density at radius 2 is 2.00 bits per heavy atom. The van der Waals surface area contributed by atoms with E-state index in [0.717, 1.165) is 4.88 Å². The van der Waals surface area contributed by atoms with Gasteiger partial charge in [-0.2, -0.15) is 18.2 Å². The van der Waals surface area contributed by atoms with Gasteiger partial charge in [0.2, 0.25) is 11.8 Å². The molecule has 120 valence electrons. The van der Waals surface area contributed by atoms with Gasteiger partial charge in [-0.3, -0.25) is 0 Å². The Labute approximate surface area is 132 Å². The summed E-state index contributed by atoms with van der Waals surface area (Å²) in [7, 11) is 0. The molecule has 1 atom stereocenters. The molecule has 1 unspecified atom stereocenters. The maximum Gasteiger partial charge on any atom is 0.471 e. The van der Waals surface area contributed by atoms with Gasteiger partial charge in [-0.1, -0.05) is 11.2 Å². The predicted octanol–water partition coefficient (Wildman–Crippen LogP) is 3.78. The van der Waals surface area contributed by atoms with Crippen LogP contribution in [0.3, 0.4) is 0 Å². The summed E-state index contributed by atoms with van der Waals surface area (Å²) >= 11 is 1.60. The Morgan fingerprint density at radius 1 is 1.26 bits per heavy atom. The topological polar surface area (TPSA) is 76.7 Å². The number of hydrogen-bond donors (Lipinski definition) is 1. The van der Waals surface area contributed by atoms with Crippen LogP contribution in [-0.4, -0.2) is 20.1 Å². The minimum Gasteiger partial charge on any atom is -0.347 e. The van der Waals surface area contributed by atoms with E-state index in [2.05, 4.69) is 29.9 Å². The molecule has 3 heterocycles. The van der Waals surface area contributed by atoms with Gasteiger partial charge >= 0.3 is 12.1 Å². The summed E-state index contributed by atoms with van der Waals surface area (Å²) in [4.78, 5) is 12.5. The average Bonchev–Trinajstić information content (AvgIpc) is 3.19. The summed E-state index contributed by atoms with van der Waals surface area (Å²) in [5.74, 6) is -1.26. The number of rotatable bonds is 4. The van der Waals surface area contributed by atoms with E-state index >= 15 is 0 Å². The van der Waals surface area contributed by atoms with Crippen LogP contribution < -0.4 is 5.32 Å². The van der Waals surface area contributed by atoms with Crippen molar-refractivity contribution in [3.63, 3.8) is 0 Å². The smallest absolute Gasteiger partial charge is 0.347 e. The van der Waals surface area contributed by atoms with Gasteiger partial charge in [0.25, 0.3) is 0 Å². The monoisotopic (exact) mass is 341 g/mol. The average molecular weight is 341 g/mol. The highest BCUT2D eigenvalue weighted by Gasteiger charge is 2.38. The molecule has 0 aliphatic rings. The quantitative estimate of drug-likeness (QED) is 0.778. The third-order valence-electron chi connectivity index (χ3n) is 2.89. The minimum atomic E-state index is -4.68. The molecule has 0 bridgehead atoms. The SMILES string of the molecule is CC(Nc1ncc(-c2noc(C(F)(F)F)n2)cn1)c1cccs1. The lowest BCUT2D eigenvalue weighted by molar-refractivity contribution is -0.159. The van der Waals surface area contributed by atoms with Gasteiger partial charge in [0.15, 0.2) is 0 Å². The molecule has 0 saturated heterocycles. The first-order chi connectivity index (χ1) is 10.9. The fraction of sp³-hybridized carbons (Fsp3) is 0.231. The lowest BCUT2D eigenvalue weighted by atomic mass is 10.3. The molecule has 0 aliphatic heterocycles. The fourth-order valence-electron chi connectivity index (χ4n) is 1.78. The fourth-order valence-corrected chi connectivity index (χ4v) is 2.51. The minimum absolute atomic E-state index is 0.0165. The highest BCUT2D eigenvalue weighted by atomic mass is 32.1. The first-order valence-corrected chi connectivity index (χ1v) is 7.34. The third kappa shape index (κ3) is 3.47. The van der Waals surface area contributed by atoms with Crippen LogP contribution in [0.15, 0.2) is 34.4 Å². The van der Waals surface area contributed by atoms with Crippen LogP contribution in [0.25, 0.3) is 11.4 Å². The van der Waals surface area contributed by atoms with Crippen molar-refractivity contribution in [2.45, 2.75) is 19.1 Å². The van der Waals surface area contributed by atoms with Gasteiger partial charge in [0.1, 0.15) is 0 Å². The van der Waals surface area contributed by atoms with Crippen LogP contribution in [0.4, 0.5) is 19.1 Å². The maximum atomic E-state index is 12.4. The molecular formula is C13H10F3N5OS. The van der Waals surface area contributed by atoms with Crippen LogP contribution in [0.1, 0.15) is 23.7 Å². The number of hydrogen-bond acceptors (Lipinski definition) is 7. The number of thiophene rings is 1. The molecule has 3 rings (SSSR count). The third-order valence-corrected chi connectivity index (χ3v) is 3.95. The Kier molecular flexibility index (Phi) is 3.99. The maximum absolute atomic E-state index is 12.4. The highest BCUT2D eigenvalue weighted by molar-refractivity contribution is 7.10. The van der Waals surface area contributed by atoms with E-state index < -0.39 is 12.1 Å². The summed E-state index contributed by atoms with van der Waals surface area (Å²) in [6, 6.07) is 3.94. The van der Waals surface area contributed by atoms with E-state index in [-0.39, 0.29) is 17.4 Å². The zero-order valence-corrected chi connectivity index (χ0v) is 12.5. The molecule has 0 aliphatic carbocycles. The van der Waals surface area contributed by atoms with E-state index in [1.54, 1.807) is 11.3 Å². The van der Waals surface area contributed by atoms with Crippen molar-refractivity contribution >= 4 is 17.3 Å². The molecule has 0 aromatic carbocycles. The second-order valence-corrected chi connectivity index (χ2v) is 5.58. The van der Waals surface area contributed by atoms with Gasteiger partial charge in [-0.05, 0) is 18.4 Å². The van der Waals surface area contributed by atoms with Crippen molar-refractivity contribution in [1.82, 2.24) is 20.1 Å². The van der Waals surface area contributed by atoms with Crippen molar-refractivity contribution in [2.75, 3.05) is 5.32 Å². The van der Waals surface area contributed by atoms with Crippen molar-refractivity contribution in [3.05, 3.63) is 40.7 Å². The summed E-state index contributed by atoms with van der Waals surface area (Å²) in [6.45, 7) is 1.96. The summed E-state index contributed by atoms with van der Waals surface area (Å²) in [5.41, 5.74) is 0.235. The number of alkyl halides is 3. The van der Waals surface area contributed by atoms with Gasteiger partial charge in [-0.15, -0.1) is 11.3 Å². The molecule has 0 radical (unpaired) electrons. The first kappa shape index (κ1) is 15.4. The molecule has 0 spiro atoms. The zero-order valence-electron chi connectivity index (χ0n) is 11.7. The largest absolute Gasteiger partial charge is 0.471 e. The second-order valence-electron chi connectivity index (χ2n) is 4.60. The lowest BCUT2D eigenvalue weighted by Crippen LogP contribution is -2.08. The molecule has 0 fully saturated rings. The number of anilines is 1. The van der Waals surface area contributed by atoms with Crippen LogP contribution in [0.5, 0.6) is 0 Å². The summed E-state index contributed by atoms with van der Waals surface area (Å²) in [6.07, 6.45) is -2.01. The normalized spacial score (nSPS) is 13.0. The standard InChI is InChI=1S/C13H10F3N5OS/c1-7(9-3-2-4-23-9)19-12-17-5-8(6-18-12)10-20-11(22-21-10)13(14,15)16/h2-7H,1H3,(H,17,18,19). The molecule has 0 saturated carbocycles. The van der Waals surface area contributed by atoms with Crippen molar-refractivity contribution in [1.29, 1.82) is 0 Å². The number of halogens is 3. The van der Waals surface area contributed by atoms with Gasteiger partial charge in [-0.25, -0.2) is 9.97 Å². The van der Waals surface area contributed by atoms with Crippen molar-refractivity contribution in [2.24, 2.45) is 0 Å². The predicted molar refractivity (Wildman–Crippen MR) is 76.7 cm³/mol. The van der Waals surface area contributed by atoms with Crippen molar-refractivity contribution < 1.29 is 17.7 Å². The molecule has 6 nitrogen and oxygen atoms in total. The number of aromatic nitrogens is 4. The molecular weight excluding hydrogens is 331 g/mol. The molecule has 0 amide bonds. The molecule has 3 aromatic heterocycles. The molecule has 3 aromatic rings. The number of nitrogens with one attached hydrogen (secondary N) is 1. The molecule has 10 heteroatoms. The van der Waals surface area contributed by atoms with E-state index in [0.29, 0.717) is 5.95 Å². The Bertz CT molecular complexity index is 770. The summed E-state index contributed by atoms with van der Waals surface area (Å²) < 4.78 is 41.4. The van der Waals surface area contributed by atoms with Crippen LogP contribution in [0.2, 0.25) is 0 Å². The van der Waals surface area contributed by atoms with Crippen molar-refractivity contribution in [3.8, 4) is 11.4 Å². The van der Waals surface area contributed by atoms with Gasteiger partial charge in [0, 0.05) is 17.3 Å². The molecule has 1 N–H and O–H groups in total. The van der Waals surface area contributed by atoms with E-state index in [9.17, 15) is 13.2 Å². The summed E-state index contributed by atoms with van der Waals surface area (Å²) in [5, 5.41) is 8.34. The molecule has 23 heavy (non-hydrogen) atoms. The Balaban J connectivity index is 1.73. The Morgan fingerprint density at radius 3 is 2.57 bits per heavy atom. The lowest BCUT2D eigenvalue weighted by Gasteiger charge is -2.11. The zero-order chi connectivity index (χ0) is 16.4. The van der Waals surface area contributed by atoms with E-state index in [4.69, 9.17) is 0 Å². The van der Waals surface area contributed by atoms with Crippen LogP contribution in [-0.2, 0) is 6.18 Å². The first-order valence-electron chi connectivity index (χ1n) is 6.47.